The number of allylic oxidation sites excluding steroid dienone is 2. The average Bonchev–Trinajstić information content (AvgIpc) is 3.50. The minimum Gasteiger partial charge on any atom is -0.493 e. The molecule has 0 fully saturated rings. The van der Waals surface area contributed by atoms with Crippen LogP contribution in [0.15, 0.2) is 71.2 Å². The molecule has 2 aromatic heterocycles. The van der Waals surface area contributed by atoms with Crippen molar-refractivity contribution in [2.45, 2.75) is 24.8 Å². The monoisotopic (exact) mass is 457 g/mol. The Morgan fingerprint density at radius 1 is 1.03 bits per heavy atom. The van der Waals surface area contributed by atoms with Crippen molar-refractivity contribution in [2.75, 3.05) is 19.5 Å². The quantitative estimate of drug-likeness (QED) is 0.436. The third-order valence-corrected chi connectivity index (χ3v) is 7.60. The second-order valence-electron chi connectivity index (χ2n) is 8.37. The molecule has 166 valence electrons. The smallest absolute Gasteiger partial charge is 0.209 e. The van der Waals surface area contributed by atoms with Crippen molar-refractivity contribution in [3.8, 4) is 11.5 Å². The van der Waals surface area contributed by atoms with Gasteiger partial charge in [-0.3, -0.25) is 9.36 Å². The van der Waals surface area contributed by atoms with Gasteiger partial charge in [-0.05, 0) is 47.7 Å². The highest BCUT2D eigenvalue weighted by Crippen LogP contribution is 2.47. The van der Waals surface area contributed by atoms with Crippen LogP contribution in [0.3, 0.4) is 0 Å². The van der Waals surface area contributed by atoms with E-state index in [0.717, 1.165) is 40.2 Å². The fourth-order valence-electron chi connectivity index (χ4n) is 5.09. The van der Waals surface area contributed by atoms with Gasteiger partial charge in [0.05, 0.1) is 31.3 Å². The number of fused-ring (bicyclic) bond motifs is 3. The van der Waals surface area contributed by atoms with Crippen LogP contribution in [0.1, 0.15) is 35.2 Å². The highest BCUT2D eigenvalue weighted by atomic mass is 32.1. The lowest BCUT2D eigenvalue weighted by Gasteiger charge is -2.36. The molecular formula is C26H23N3O3S. The van der Waals surface area contributed by atoms with Gasteiger partial charge in [-0.1, -0.05) is 24.3 Å². The Bertz CT molecular complexity index is 1400. The highest BCUT2D eigenvalue weighted by molar-refractivity contribution is 7.10. The number of aromatic nitrogens is 2. The molecule has 0 saturated carbocycles. The number of Topliss-reactive ketones (excluding diaryl/α,β-unsaturated/α-hetero) is 1. The summed E-state index contributed by atoms with van der Waals surface area (Å²) in [5.74, 6) is 2.42. The van der Waals surface area contributed by atoms with Crippen LogP contribution in [0, 0.1) is 0 Å². The number of imidazole rings is 1. The fourth-order valence-corrected chi connectivity index (χ4v) is 5.92. The van der Waals surface area contributed by atoms with Crippen LogP contribution in [-0.2, 0) is 4.79 Å². The topological polar surface area (TPSA) is 65.4 Å². The Kier molecular flexibility index (Phi) is 4.73. The van der Waals surface area contributed by atoms with Gasteiger partial charge in [0.2, 0.25) is 5.95 Å². The molecule has 1 N–H and O–H groups in total. The number of nitrogens with zero attached hydrogens (tertiary/aromatic N) is 2. The number of rotatable bonds is 4. The molecule has 7 heteroatoms. The van der Waals surface area contributed by atoms with E-state index >= 15 is 0 Å². The number of ketones is 1. The zero-order valence-electron chi connectivity index (χ0n) is 18.4. The molecule has 4 aromatic rings. The minimum absolute atomic E-state index is 0.172. The van der Waals surface area contributed by atoms with Gasteiger partial charge in [0.15, 0.2) is 17.3 Å². The van der Waals surface area contributed by atoms with Crippen LogP contribution in [0.5, 0.6) is 11.5 Å². The molecule has 2 atom stereocenters. The number of hydrogen-bond donors (Lipinski definition) is 1. The Morgan fingerprint density at radius 3 is 2.67 bits per heavy atom. The fraction of sp³-hybridized carbons (Fsp3) is 0.231. The normalized spacial score (nSPS) is 19.8. The van der Waals surface area contributed by atoms with E-state index in [9.17, 15) is 4.79 Å². The van der Waals surface area contributed by atoms with Crippen LogP contribution in [-0.4, -0.2) is 29.6 Å². The standard InChI is InChI=1S/C26H23N3O3S/c1-31-21-10-9-15(14-22(21)32-2)25-24-18(12-16(13-20(24)30)23-8-5-11-33-23)28-26-27-17-6-3-4-7-19(17)29(25)26/h3-11,14,16,25H,12-13H2,1-2H3,(H,27,28)/t16-,25+/m0/s1. The maximum absolute atomic E-state index is 13.7. The number of anilines is 1. The van der Waals surface area contributed by atoms with Gasteiger partial charge in [0.1, 0.15) is 0 Å². The lowest BCUT2D eigenvalue weighted by atomic mass is 9.79. The number of nitrogens with one attached hydrogen (secondary N) is 1. The average molecular weight is 458 g/mol. The van der Waals surface area contributed by atoms with E-state index in [1.54, 1.807) is 25.6 Å². The number of benzene rings is 2. The molecule has 2 aromatic carbocycles. The summed E-state index contributed by atoms with van der Waals surface area (Å²) in [5.41, 5.74) is 4.62. The Morgan fingerprint density at radius 2 is 1.88 bits per heavy atom. The van der Waals surface area contributed by atoms with Gasteiger partial charge in [0, 0.05) is 28.5 Å². The van der Waals surface area contributed by atoms with Crippen LogP contribution >= 0.6 is 11.3 Å². The molecule has 6 nitrogen and oxygen atoms in total. The molecule has 6 rings (SSSR count). The van der Waals surface area contributed by atoms with Crippen molar-refractivity contribution < 1.29 is 14.3 Å². The summed E-state index contributed by atoms with van der Waals surface area (Å²) in [6, 6.07) is 17.8. The number of carbonyl (C=O) groups excluding carboxylic acids is 1. The molecule has 0 unspecified atom stereocenters. The Balaban J connectivity index is 1.55. The van der Waals surface area contributed by atoms with Gasteiger partial charge in [0.25, 0.3) is 0 Å². The first-order valence-corrected chi connectivity index (χ1v) is 11.8. The molecule has 1 aliphatic heterocycles. The number of hydrogen-bond acceptors (Lipinski definition) is 6. The molecule has 33 heavy (non-hydrogen) atoms. The van der Waals surface area contributed by atoms with Gasteiger partial charge in [-0.2, -0.15) is 0 Å². The summed E-state index contributed by atoms with van der Waals surface area (Å²) in [5, 5.41) is 5.59. The molecule has 1 aliphatic carbocycles. The van der Waals surface area contributed by atoms with Crippen LogP contribution in [0.4, 0.5) is 5.95 Å². The summed E-state index contributed by atoms with van der Waals surface area (Å²) in [4.78, 5) is 19.8. The van der Waals surface area contributed by atoms with E-state index in [2.05, 4.69) is 33.5 Å². The maximum Gasteiger partial charge on any atom is 0.209 e. The molecule has 0 spiro atoms. The number of thiophene rings is 1. The molecule has 0 bridgehead atoms. The maximum atomic E-state index is 13.7. The third-order valence-electron chi connectivity index (χ3n) is 6.57. The number of carbonyl (C=O) groups is 1. The minimum atomic E-state index is -0.291. The number of methoxy groups -OCH3 is 2. The van der Waals surface area contributed by atoms with Gasteiger partial charge < -0.3 is 14.8 Å². The van der Waals surface area contributed by atoms with E-state index in [1.807, 2.05) is 36.4 Å². The van der Waals surface area contributed by atoms with Crippen molar-refractivity contribution in [2.24, 2.45) is 0 Å². The number of para-hydroxylation sites is 2. The summed E-state index contributed by atoms with van der Waals surface area (Å²) in [6.45, 7) is 0. The van der Waals surface area contributed by atoms with Crippen molar-refractivity contribution in [3.05, 3.63) is 81.7 Å². The van der Waals surface area contributed by atoms with Crippen molar-refractivity contribution >= 4 is 34.1 Å². The van der Waals surface area contributed by atoms with Gasteiger partial charge >= 0.3 is 0 Å². The second kappa shape index (κ2) is 7.78. The molecule has 0 radical (unpaired) electrons. The van der Waals surface area contributed by atoms with Crippen molar-refractivity contribution in [1.82, 2.24) is 9.55 Å². The van der Waals surface area contributed by atoms with Gasteiger partial charge in [-0.15, -0.1) is 11.3 Å². The Labute approximate surface area is 195 Å². The van der Waals surface area contributed by atoms with E-state index < -0.39 is 0 Å². The highest BCUT2D eigenvalue weighted by Gasteiger charge is 2.40. The lowest BCUT2D eigenvalue weighted by molar-refractivity contribution is -0.116. The predicted octanol–water partition coefficient (Wildman–Crippen LogP) is 5.53. The summed E-state index contributed by atoms with van der Waals surface area (Å²) in [7, 11) is 3.25. The van der Waals surface area contributed by atoms with Crippen LogP contribution < -0.4 is 14.8 Å². The zero-order chi connectivity index (χ0) is 22.5. The van der Waals surface area contributed by atoms with E-state index in [1.165, 1.54) is 4.88 Å². The van der Waals surface area contributed by atoms with Crippen molar-refractivity contribution in [1.29, 1.82) is 0 Å². The van der Waals surface area contributed by atoms with E-state index in [-0.39, 0.29) is 17.7 Å². The lowest BCUT2D eigenvalue weighted by Crippen LogP contribution is -2.33. The van der Waals surface area contributed by atoms with E-state index in [4.69, 9.17) is 14.5 Å². The van der Waals surface area contributed by atoms with E-state index in [0.29, 0.717) is 17.9 Å². The van der Waals surface area contributed by atoms with Crippen LogP contribution in [0.2, 0.25) is 0 Å². The summed E-state index contributed by atoms with van der Waals surface area (Å²) in [6.07, 6.45) is 1.29. The molecule has 2 aliphatic rings. The molecule has 0 saturated heterocycles. The summed E-state index contributed by atoms with van der Waals surface area (Å²) >= 11 is 1.71. The molecule has 0 amide bonds. The first kappa shape index (κ1) is 20.1. The van der Waals surface area contributed by atoms with Gasteiger partial charge in [-0.25, -0.2) is 4.98 Å². The largest absolute Gasteiger partial charge is 0.493 e. The third kappa shape index (κ3) is 3.15. The van der Waals surface area contributed by atoms with Crippen molar-refractivity contribution in [3.63, 3.8) is 0 Å². The SMILES string of the molecule is COc1ccc([C@@H]2C3=C(C[C@H](c4cccs4)CC3=O)Nc3nc4ccccc4n32)cc1OC. The molecule has 3 heterocycles. The first-order chi connectivity index (χ1) is 16.2. The Hall–Kier alpha value is -3.58. The molecular weight excluding hydrogens is 434 g/mol. The summed E-state index contributed by atoms with van der Waals surface area (Å²) < 4.78 is 13.2. The zero-order valence-corrected chi connectivity index (χ0v) is 19.2. The van der Waals surface area contributed by atoms with Crippen LogP contribution in [0.25, 0.3) is 11.0 Å². The first-order valence-electron chi connectivity index (χ1n) is 10.9. The predicted molar refractivity (Wildman–Crippen MR) is 129 cm³/mol. The number of ether oxygens (including phenoxy) is 2. The second-order valence-corrected chi connectivity index (χ2v) is 9.35.